The smallest absolute Gasteiger partial charge is 0.0964 e. The van der Waals surface area contributed by atoms with Gasteiger partial charge in [-0.1, -0.05) is 0 Å². The first-order valence-corrected chi connectivity index (χ1v) is 5.41. The lowest BCUT2D eigenvalue weighted by Crippen LogP contribution is -2.17. The molecule has 2 N–H and O–H groups in total. The minimum atomic E-state index is 0.601. The Hall–Kier alpha value is -1.51. The minimum Gasteiger partial charge on any atom is -0.387 e. The molecule has 1 heterocycles. The van der Waals surface area contributed by atoms with E-state index < -0.39 is 0 Å². The third-order valence-corrected chi connectivity index (χ3v) is 2.63. The average Bonchev–Trinajstić information content (AvgIpc) is 2.71. The lowest BCUT2D eigenvalue weighted by atomic mass is 10.2. The fourth-order valence-electron chi connectivity index (χ4n) is 1.92. The zero-order valence-corrected chi connectivity index (χ0v) is 9.11. The van der Waals surface area contributed by atoms with Crippen LogP contribution in [0.4, 0.5) is 11.4 Å². The summed E-state index contributed by atoms with van der Waals surface area (Å²) in [6.45, 7) is 4.16. The van der Waals surface area contributed by atoms with E-state index in [0.717, 1.165) is 5.69 Å². The fourth-order valence-corrected chi connectivity index (χ4v) is 1.92. The molecule has 0 atom stereocenters. The summed E-state index contributed by atoms with van der Waals surface area (Å²) in [4.78, 5) is 6.61. The summed E-state index contributed by atoms with van der Waals surface area (Å²) < 4.78 is 0. The van der Waals surface area contributed by atoms with Crippen LogP contribution in [0.2, 0.25) is 0 Å². The highest BCUT2D eigenvalue weighted by Crippen LogP contribution is 2.23. The van der Waals surface area contributed by atoms with E-state index in [1.165, 1.54) is 31.6 Å². The molecule has 15 heavy (non-hydrogen) atoms. The topological polar surface area (TPSA) is 41.6 Å². The second-order valence-corrected chi connectivity index (χ2v) is 3.96. The first kappa shape index (κ1) is 10.0. The van der Waals surface area contributed by atoms with Crippen molar-refractivity contribution >= 4 is 17.2 Å². The van der Waals surface area contributed by atoms with Gasteiger partial charge in [0, 0.05) is 18.8 Å². The Labute approximate surface area is 90.6 Å². The molecule has 3 nitrogen and oxygen atoms in total. The predicted molar refractivity (Wildman–Crippen MR) is 64.8 cm³/mol. The Balaban J connectivity index is 2.13. The Morgan fingerprint density at radius 1 is 1.20 bits per heavy atom. The monoisotopic (exact) mass is 203 g/mol. The Kier molecular flexibility index (Phi) is 2.90. The predicted octanol–water partition coefficient (Wildman–Crippen LogP) is 2.30. The second-order valence-electron chi connectivity index (χ2n) is 3.96. The molecule has 1 aliphatic heterocycles. The molecule has 0 amide bonds. The lowest BCUT2D eigenvalue weighted by molar-refractivity contribution is 0.949. The molecule has 1 aliphatic rings. The molecule has 0 bridgehead atoms. The summed E-state index contributed by atoms with van der Waals surface area (Å²) in [6.07, 6.45) is 2.61. The van der Waals surface area contributed by atoms with Crippen LogP contribution in [0.5, 0.6) is 0 Å². The Morgan fingerprint density at radius 2 is 1.80 bits per heavy atom. The first-order chi connectivity index (χ1) is 7.25. The molecule has 80 valence electrons. The van der Waals surface area contributed by atoms with Crippen LogP contribution in [0.25, 0.3) is 0 Å². The van der Waals surface area contributed by atoms with Crippen molar-refractivity contribution in [3.8, 4) is 0 Å². The number of rotatable bonds is 2. The van der Waals surface area contributed by atoms with E-state index in [2.05, 4.69) is 22.0 Å². The Bertz CT molecular complexity index is 344. The van der Waals surface area contributed by atoms with Crippen LogP contribution in [0.1, 0.15) is 19.8 Å². The van der Waals surface area contributed by atoms with E-state index >= 15 is 0 Å². The molecule has 2 rings (SSSR count). The summed E-state index contributed by atoms with van der Waals surface area (Å²) in [5.41, 5.74) is 7.75. The molecule has 1 saturated heterocycles. The van der Waals surface area contributed by atoms with Gasteiger partial charge in [-0.05, 0) is 44.0 Å². The largest absolute Gasteiger partial charge is 0.387 e. The van der Waals surface area contributed by atoms with E-state index in [9.17, 15) is 0 Å². The highest BCUT2D eigenvalue weighted by Gasteiger charge is 2.11. The molecule has 0 radical (unpaired) electrons. The molecule has 0 aliphatic carbocycles. The van der Waals surface area contributed by atoms with E-state index in [1.807, 2.05) is 12.1 Å². The van der Waals surface area contributed by atoms with Gasteiger partial charge in [-0.25, -0.2) is 4.99 Å². The Morgan fingerprint density at radius 3 is 2.33 bits per heavy atom. The number of aliphatic imine (C=N–C) groups is 1. The van der Waals surface area contributed by atoms with Gasteiger partial charge >= 0.3 is 0 Å². The molecule has 0 spiro atoms. The molecule has 0 saturated carbocycles. The van der Waals surface area contributed by atoms with Crippen LogP contribution >= 0.6 is 0 Å². The fraction of sp³-hybridized carbons (Fsp3) is 0.417. The summed E-state index contributed by atoms with van der Waals surface area (Å²) in [5, 5.41) is 0. The van der Waals surface area contributed by atoms with Crippen LogP contribution in [-0.2, 0) is 0 Å². The maximum atomic E-state index is 5.52. The van der Waals surface area contributed by atoms with Crippen LogP contribution in [0.3, 0.4) is 0 Å². The second kappa shape index (κ2) is 4.34. The van der Waals surface area contributed by atoms with Crippen molar-refractivity contribution in [2.75, 3.05) is 18.0 Å². The van der Waals surface area contributed by atoms with Gasteiger partial charge in [-0.3, -0.25) is 0 Å². The van der Waals surface area contributed by atoms with Crippen molar-refractivity contribution in [2.24, 2.45) is 10.7 Å². The van der Waals surface area contributed by atoms with Gasteiger partial charge in [-0.15, -0.1) is 0 Å². The quantitative estimate of drug-likeness (QED) is 0.592. The van der Waals surface area contributed by atoms with Gasteiger partial charge in [0.1, 0.15) is 0 Å². The van der Waals surface area contributed by atoms with E-state index in [-0.39, 0.29) is 0 Å². The van der Waals surface area contributed by atoms with Crippen molar-refractivity contribution in [3.05, 3.63) is 24.3 Å². The third kappa shape index (κ3) is 2.49. The average molecular weight is 203 g/mol. The van der Waals surface area contributed by atoms with Gasteiger partial charge in [0.15, 0.2) is 0 Å². The molecule has 1 aromatic carbocycles. The molecule has 1 fully saturated rings. The normalized spacial score (nSPS) is 17.1. The van der Waals surface area contributed by atoms with Crippen molar-refractivity contribution in [2.45, 2.75) is 19.8 Å². The van der Waals surface area contributed by atoms with Gasteiger partial charge in [0.05, 0.1) is 11.5 Å². The highest BCUT2D eigenvalue weighted by molar-refractivity contribution is 5.80. The van der Waals surface area contributed by atoms with E-state index in [1.54, 1.807) is 6.92 Å². The van der Waals surface area contributed by atoms with Crippen molar-refractivity contribution in [3.63, 3.8) is 0 Å². The SMILES string of the molecule is CC(N)=Nc1ccc(N2CCCC2)cc1. The number of hydrogen-bond donors (Lipinski definition) is 1. The summed E-state index contributed by atoms with van der Waals surface area (Å²) in [6, 6.07) is 8.27. The maximum absolute atomic E-state index is 5.52. The summed E-state index contributed by atoms with van der Waals surface area (Å²) >= 11 is 0. The van der Waals surface area contributed by atoms with E-state index in [0.29, 0.717) is 5.84 Å². The minimum absolute atomic E-state index is 0.601. The highest BCUT2D eigenvalue weighted by atomic mass is 15.1. The molecular weight excluding hydrogens is 186 g/mol. The number of anilines is 1. The number of amidine groups is 1. The number of hydrogen-bond acceptors (Lipinski definition) is 2. The first-order valence-electron chi connectivity index (χ1n) is 5.41. The van der Waals surface area contributed by atoms with Crippen LogP contribution in [-0.4, -0.2) is 18.9 Å². The van der Waals surface area contributed by atoms with Crippen molar-refractivity contribution in [1.82, 2.24) is 0 Å². The molecule has 0 aromatic heterocycles. The summed E-state index contributed by atoms with van der Waals surface area (Å²) in [5.74, 6) is 0.601. The number of nitrogens with two attached hydrogens (primary N) is 1. The zero-order chi connectivity index (χ0) is 10.7. The van der Waals surface area contributed by atoms with Crippen LogP contribution < -0.4 is 10.6 Å². The third-order valence-electron chi connectivity index (χ3n) is 2.63. The van der Waals surface area contributed by atoms with Crippen molar-refractivity contribution < 1.29 is 0 Å². The van der Waals surface area contributed by atoms with Gasteiger partial charge in [0.2, 0.25) is 0 Å². The number of benzene rings is 1. The standard InChI is InChI=1S/C12H17N3/c1-10(13)14-11-4-6-12(7-5-11)15-8-2-3-9-15/h4-7H,2-3,8-9H2,1H3,(H2,13,14). The van der Waals surface area contributed by atoms with Gasteiger partial charge < -0.3 is 10.6 Å². The van der Waals surface area contributed by atoms with Crippen molar-refractivity contribution in [1.29, 1.82) is 0 Å². The molecule has 0 unspecified atom stereocenters. The molecular formula is C12H17N3. The van der Waals surface area contributed by atoms with Crippen LogP contribution in [0.15, 0.2) is 29.3 Å². The van der Waals surface area contributed by atoms with Gasteiger partial charge in [-0.2, -0.15) is 0 Å². The van der Waals surface area contributed by atoms with Crippen LogP contribution in [0, 0.1) is 0 Å². The maximum Gasteiger partial charge on any atom is 0.0964 e. The van der Waals surface area contributed by atoms with E-state index in [4.69, 9.17) is 5.73 Å². The molecule has 1 aromatic rings. The summed E-state index contributed by atoms with van der Waals surface area (Å²) in [7, 11) is 0. The van der Waals surface area contributed by atoms with Gasteiger partial charge in [0.25, 0.3) is 0 Å². The number of nitrogens with zero attached hydrogens (tertiary/aromatic N) is 2. The zero-order valence-electron chi connectivity index (χ0n) is 9.11. The lowest BCUT2D eigenvalue weighted by Gasteiger charge is -2.17. The molecule has 3 heteroatoms.